The van der Waals surface area contributed by atoms with Gasteiger partial charge in [0.25, 0.3) is 5.91 Å². The fourth-order valence-electron chi connectivity index (χ4n) is 2.45. The van der Waals surface area contributed by atoms with Crippen LogP contribution in [0.4, 0.5) is 4.39 Å². The first-order valence-corrected chi connectivity index (χ1v) is 7.53. The number of amides is 2. The maximum atomic E-state index is 13.3. The smallest absolute Gasteiger partial charge is 0.254 e. The molecule has 2 amide bonds. The van der Waals surface area contributed by atoms with Gasteiger partial charge < -0.3 is 16.0 Å². The van der Waals surface area contributed by atoms with E-state index in [1.54, 1.807) is 0 Å². The molecule has 114 valence electrons. The summed E-state index contributed by atoms with van der Waals surface area (Å²) in [4.78, 5) is 25.3. The quantitative estimate of drug-likeness (QED) is 0.851. The van der Waals surface area contributed by atoms with E-state index in [2.05, 4.69) is 21.2 Å². The van der Waals surface area contributed by atoms with Gasteiger partial charge in [-0.05, 0) is 60.1 Å². The highest BCUT2D eigenvalue weighted by atomic mass is 79.9. The molecular weight excluding hydrogens is 341 g/mol. The lowest BCUT2D eigenvalue weighted by molar-refractivity contribution is -0.119. The summed E-state index contributed by atoms with van der Waals surface area (Å²) < 4.78 is 13.5. The molecule has 0 saturated carbocycles. The molecule has 1 saturated heterocycles. The van der Waals surface area contributed by atoms with E-state index >= 15 is 0 Å². The summed E-state index contributed by atoms with van der Waals surface area (Å²) in [7, 11) is 0. The monoisotopic (exact) mass is 357 g/mol. The van der Waals surface area contributed by atoms with Gasteiger partial charge in [-0.25, -0.2) is 4.39 Å². The molecule has 0 spiro atoms. The number of primary amides is 1. The number of halogens is 2. The highest BCUT2D eigenvalue weighted by molar-refractivity contribution is 9.10. The van der Waals surface area contributed by atoms with Crippen molar-refractivity contribution in [2.45, 2.75) is 18.9 Å². The maximum absolute atomic E-state index is 13.3. The fourth-order valence-corrected chi connectivity index (χ4v) is 2.83. The predicted octanol–water partition coefficient (Wildman–Crippen LogP) is 1.27. The summed E-state index contributed by atoms with van der Waals surface area (Å²) in [5.74, 6) is -1.29. The van der Waals surface area contributed by atoms with Gasteiger partial charge in [-0.15, -0.1) is 0 Å². The van der Waals surface area contributed by atoms with Crippen LogP contribution in [0.25, 0.3) is 0 Å². The van der Waals surface area contributed by atoms with Gasteiger partial charge >= 0.3 is 0 Å². The average molecular weight is 358 g/mol. The first-order valence-electron chi connectivity index (χ1n) is 6.74. The van der Waals surface area contributed by atoms with Crippen molar-refractivity contribution < 1.29 is 14.0 Å². The highest BCUT2D eigenvalue weighted by Gasteiger charge is 2.27. The second-order valence-corrected chi connectivity index (χ2v) is 5.86. The van der Waals surface area contributed by atoms with E-state index in [4.69, 9.17) is 5.73 Å². The number of hydrogen-bond acceptors (Lipinski definition) is 3. The van der Waals surface area contributed by atoms with Crippen molar-refractivity contribution in [1.29, 1.82) is 0 Å². The number of carbonyl (C=O) groups is 2. The Kier molecular flexibility index (Phi) is 5.30. The molecule has 0 unspecified atom stereocenters. The van der Waals surface area contributed by atoms with Crippen LogP contribution in [0.2, 0.25) is 0 Å². The Morgan fingerprint density at radius 2 is 2.05 bits per heavy atom. The van der Waals surface area contributed by atoms with E-state index in [1.165, 1.54) is 23.1 Å². The Bertz CT molecular complexity index is 547. The second-order valence-electron chi connectivity index (χ2n) is 5.01. The number of carbonyl (C=O) groups excluding carboxylic acids is 2. The van der Waals surface area contributed by atoms with E-state index in [0.29, 0.717) is 5.56 Å². The molecule has 1 heterocycles. The van der Waals surface area contributed by atoms with Gasteiger partial charge in [0.05, 0.1) is 11.0 Å². The van der Waals surface area contributed by atoms with E-state index < -0.39 is 11.7 Å². The lowest BCUT2D eigenvalue weighted by Gasteiger charge is -2.34. The molecule has 0 bridgehead atoms. The number of nitrogens with two attached hydrogens (primary N) is 1. The highest BCUT2D eigenvalue weighted by Crippen LogP contribution is 2.20. The van der Waals surface area contributed by atoms with E-state index in [0.717, 1.165) is 25.9 Å². The van der Waals surface area contributed by atoms with Crippen LogP contribution in [0.3, 0.4) is 0 Å². The molecule has 1 fully saturated rings. The summed E-state index contributed by atoms with van der Waals surface area (Å²) in [6.45, 7) is 1.46. The molecule has 1 aliphatic rings. The lowest BCUT2D eigenvalue weighted by Crippen LogP contribution is -2.49. The molecule has 0 atom stereocenters. The topological polar surface area (TPSA) is 75.4 Å². The number of piperidine rings is 1. The minimum absolute atomic E-state index is 0.0323. The third-order valence-electron chi connectivity index (χ3n) is 3.50. The summed E-state index contributed by atoms with van der Waals surface area (Å²) in [5.41, 5.74) is 5.59. The third kappa shape index (κ3) is 4.01. The maximum Gasteiger partial charge on any atom is 0.254 e. The van der Waals surface area contributed by atoms with Crippen molar-refractivity contribution in [2.75, 3.05) is 19.6 Å². The largest absolute Gasteiger partial charge is 0.368 e. The van der Waals surface area contributed by atoms with E-state index in [1.807, 2.05) is 0 Å². The number of nitrogens with one attached hydrogen (secondary N) is 1. The van der Waals surface area contributed by atoms with Gasteiger partial charge in [0, 0.05) is 11.6 Å². The van der Waals surface area contributed by atoms with Crippen molar-refractivity contribution in [3.05, 3.63) is 34.1 Å². The molecule has 2 rings (SSSR count). The van der Waals surface area contributed by atoms with Gasteiger partial charge in [0.2, 0.25) is 5.91 Å². The standard InChI is InChI=1S/C14H17BrFN3O2/c15-11-7-9(1-2-12(11)16)14(21)19(8-13(17)20)10-3-5-18-6-4-10/h1-2,7,10,18H,3-6,8H2,(H2,17,20). The molecule has 7 heteroatoms. The zero-order chi connectivity index (χ0) is 15.4. The van der Waals surface area contributed by atoms with Gasteiger partial charge in [-0.2, -0.15) is 0 Å². The SMILES string of the molecule is NC(=O)CN(C(=O)c1ccc(F)c(Br)c1)C1CCNCC1. The molecular formula is C14H17BrFN3O2. The van der Waals surface area contributed by atoms with E-state index in [9.17, 15) is 14.0 Å². The first-order chi connectivity index (χ1) is 9.99. The van der Waals surface area contributed by atoms with Crippen LogP contribution >= 0.6 is 15.9 Å². The van der Waals surface area contributed by atoms with Crippen LogP contribution in [-0.2, 0) is 4.79 Å². The first kappa shape index (κ1) is 15.9. The van der Waals surface area contributed by atoms with Gasteiger partial charge in [-0.3, -0.25) is 9.59 Å². The zero-order valence-electron chi connectivity index (χ0n) is 11.4. The molecule has 1 aliphatic heterocycles. The van der Waals surface area contributed by atoms with Gasteiger partial charge in [-0.1, -0.05) is 0 Å². The summed E-state index contributed by atoms with van der Waals surface area (Å²) in [5, 5.41) is 3.21. The molecule has 0 aromatic heterocycles. The minimum Gasteiger partial charge on any atom is -0.368 e. The molecule has 21 heavy (non-hydrogen) atoms. The summed E-state index contributed by atoms with van der Waals surface area (Å²) in [6, 6.07) is 4.03. The molecule has 0 radical (unpaired) electrons. The zero-order valence-corrected chi connectivity index (χ0v) is 13.0. The number of nitrogens with zero attached hydrogens (tertiary/aromatic N) is 1. The van der Waals surface area contributed by atoms with Crippen LogP contribution in [0, 0.1) is 5.82 Å². The summed E-state index contributed by atoms with van der Waals surface area (Å²) in [6.07, 6.45) is 1.53. The van der Waals surface area contributed by atoms with Crippen molar-refractivity contribution in [2.24, 2.45) is 5.73 Å². The average Bonchev–Trinajstić information content (AvgIpc) is 2.47. The van der Waals surface area contributed by atoms with Crippen molar-refractivity contribution in [1.82, 2.24) is 10.2 Å². The number of rotatable bonds is 4. The molecule has 1 aromatic carbocycles. The number of benzene rings is 1. The van der Waals surface area contributed by atoms with Crippen LogP contribution < -0.4 is 11.1 Å². The molecule has 1 aromatic rings. The normalized spacial score (nSPS) is 15.7. The van der Waals surface area contributed by atoms with Gasteiger partial charge in [0.15, 0.2) is 0 Å². The van der Waals surface area contributed by atoms with Gasteiger partial charge in [0.1, 0.15) is 5.82 Å². The lowest BCUT2D eigenvalue weighted by atomic mass is 10.0. The second kappa shape index (κ2) is 7.00. The predicted molar refractivity (Wildman–Crippen MR) is 80.2 cm³/mol. The van der Waals surface area contributed by atoms with Crippen molar-refractivity contribution in [3.8, 4) is 0 Å². The van der Waals surface area contributed by atoms with Crippen LogP contribution in [0.5, 0.6) is 0 Å². The Morgan fingerprint density at radius 3 is 2.62 bits per heavy atom. The van der Waals surface area contributed by atoms with E-state index in [-0.39, 0.29) is 23.0 Å². The van der Waals surface area contributed by atoms with Crippen LogP contribution in [0.15, 0.2) is 22.7 Å². The Balaban J connectivity index is 2.23. The number of hydrogen-bond donors (Lipinski definition) is 2. The molecule has 5 nitrogen and oxygen atoms in total. The van der Waals surface area contributed by atoms with Crippen molar-refractivity contribution >= 4 is 27.7 Å². The third-order valence-corrected chi connectivity index (χ3v) is 4.11. The Hall–Kier alpha value is -1.47. The Labute approximate surface area is 130 Å². The fraction of sp³-hybridized carbons (Fsp3) is 0.429. The molecule has 0 aliphatic carbocycles. The van der Waals surface area contributed by atoms with Crippen LogP contribution in [-0.4, -0.2) is 42.4 Å². The van der Waals surface area contributed by atoms with Crippen LogP contribution in [0.1, 0.15) is 23.2 Å². The minimum atomic E-state index is -0.553. The van der Waals surface area contributed by atoms with Crippen molar-refractivity contribution in [3.63, 3.8) is 0 Å². The molecule has 3 N–H and O–H groups in total. The summed E-state index contributed by atoms with van der Waals surface area (Å²) >= 11 is 3.06. The Morgan fingerprint density at radius 1 is 1.38 bits per heavy atom.